The third-order valence-corrected chi connectivity index (χ3v) is 8.79. The Hall–Kier alpha value is 0.0969. The summed E-state index contributed by atoms with van der Waals surface area (Å²) in [5, 5.41) is 0. The SMILES string of the molecule is CCN[Si](CC)(N(CC)CC)N(CC)CC. The fraction of sp³-hybridized carbons (Fsp3) is 1.00. The van der Waals surface area contributed by atoms with Gasteiger partial charge in [0.25, 0.3) is 8.56 Å². The van der Waals surface area contributed by atoms with Crippen molar-refractivity contribution in [3.63, 3.8) is 0 Å². The van der Waals surface area contributed by atoms with E-state index >= 15 is 0 Å². The zero-order chi connectivity index (χ0) is 12.6. The van der Waals surface area contributed by atoms with Crippen molar-refractivity contribution < 1.29 is 0 Å². The van der Waals surface area contributed by atoms with Crippen LogP contribution in [0.4, 0.5) is 0 Å². The molecular weight excluding hydrogens is 214 g/mol. The van der Waals surface area contributed by atoms with E-state index in [1.807, 2.05) is 0 Å². The molecule has 0 aliphatic rings. The van der Waals surface area contributed by atoms with Crippen molar-refractivity contribution in [3.8, 4) is 0 Å². The van der Waals surface area contributed by atoms with E-state index in [0.29, 0.717) is 0 Å². The molecule has 0 aromatic carbocycles. The van der Waals surface area contributed by atoms with Crippen LogP contribution in [0.15, 0.2) is 0 Å². The number of hydrogen-bond acceptors (Lipinski definition) is 3. The van der Waals surface area contributed by atoms with E-state index in [9.17, 15) is 0 Å². The van der Waals surface area contributed by atoms with Gasteiger partial charge < -0.3 is 14.1 Å². The van der Waals surface area contributed by atoms with Gasteiger partial charge in [-0.15, -0.1) is 0 Å². The van der Waals surface area contributed by atoms with E-state index in [0.717, 1.165) is 32.7 Å². The fourth-order valence-electron chi connectivity index (χ4n) is 2.77. The second-order valence-electron chi connectivity index (χ2n) is 4.05. The molecular formula is C12H31N3Si. The van der Waals surface area contributed by atoms with Crippen molar-refractivity contribution in [2.45, 2.75) is 47.6 Å². The number of nitrogens with zero attached hydrogens (tertiary/aromatic N) is 2. The number of nitrogens with one attached hydrogen (secondary N) is 1. The topological polar surface area (TPSA) is 18.5 Å². The summed E-state index contributed by atoms with van der Waals surface area (Å²) in [6.45, 7) is 19.4. The lowest BCUT2D eigenvalue weighted by Crippen LogP contribution is -2.73. The first-order valence-electron chi connectivity index (χ1n) is 6.91. The standard InChI is InChI=1S/C12H31N3Si/c1-7-13-16(12-6,14(8-2)9-3)15(10-4)11-5/h13H,7-12H2,1-6H3. The van der Waals surface area contributed by atoms with Crippen LogP contribution in [0.2, 0.25) is 6.04 Å². The van der Waals surface area contributed by atoms with Crippen LogP contribution < -0.4 is 4.98 Å². The lowest BCUT2D eigenvalue weighted by Gasteiger charge is -2.47. The summed E-state index contributed by atoms with van der Waals surface area (Å²) >= 11 is 0. The Bertz CT molecular complexity index is 156. The summed E-state index contributed by atoms with van der Waals surface area (Å²) in [6.07, 6.45) is 0. The van der Waals surface area contributed by atoms with Crippen LogP contribution in [-0.4, -0.2) is 50.4 Å². The van der Waals surface area contributed by atoms with E-state index in [1.165, 1.54) is 6.04 Å². The van der Waals surface area contributed by atoms with Gasteiger partial charge in [-0.2, -0.15) is 0 Å². The summed E-state index contributed by atoms with van der Waals surface area (Å²) in [5.41, 5.74) is 0. The Kier molecular flexibility index (Phi) is 8.28. The minimum absolute atomic E-state index is 1.08. The Morgan fingerprint density at radius 3 is 1.31 bits per heavy atom. The van der Waals surface area contributed by atoms with Gasteiger partial charge in [0, 0.05) is 0 Å². The molecule has 0 amide bonds. The summed E-state index contributed by atoms with van der Waals surface area (Å²) in [7, 11) is -1.61. The summed E-state index contributed by atoms with van der Waals surface area (Å²) in [4.78, 5) is 3.84. The normalized spacial score (nSPS) is 12.8. The Morgan fingerprint density at radius 2 is 1.12 bits per heavy atom. The second-order valence-corrected chi connectivity index (χ2v) is 8.00. The highest BCUT2D eigenvalue weighted by Crippen LogP contribution is 2.17. The largest absolute Gasteiger partial charge is 0.313 e. The molecule has 0 spiro atoms. The molecule has 0 bridgehead atoms. The van der Waals surface area contributed by atoms with Crippen molar-refractivity contribution >= 4 is 8.56 Å². The monoisotopic (exact) mass is 245 g/mol. The predicted molar refractivity (Wildman–Crippen MR) is 75.8 cm³/mol. The molecule has 0 unspecified atom stereocenters. The van der Waals surface area contributed by atoms with Crippen LogP contribution in [0.3, 0.4) is 0 Å². The van der Waals surface area contributed by atoms with Crippen LogP contribution in [0.5, 0.6) is 0 Å². The molecule has 0 fully saturated rings. The highest BCUT2D eigenvalue weighted by molar-refractivity contribution is 6.72. The van der Waals surface area contributed by atoms with Crippen molar-refractivity contribution in [1.29, 1.82) is 0 Å². The zero-order valence-electron chi connectivity index (χ0n) is 12.1. The summed E-state index contributed by atoms with van der Waals surface area (Å²) in [6, 6.07) is 1.25. The van der Waals surface area contributed by atoms with Crippen LogP contribution in [0, 0.1) is 0 Å². The molecule has 16 heavy (non-hydrogen) atoms. The molecule has 1 N–H and O–H groups in total. The number of rotatable bonds is 9. The van der Waals surface area contributed by atoms with Gasteiger partial charge in [-0.05, 0) is 38.8 Å². The van der Waals surface area contributed by atoms with Gasteiger partial charge >= 0.3 is 0 Å². The van der Waals surface area contributed by atoms with Crippen LogP contribution >= 0.6 is 0 Å². The Labute approximate surface area is 103 Å². The van der Waals surface area contributed by atoms with Crippen LogP contribution in [0.25, 0.3) is 0 Å². The van der Waals surface area contributed by atoms with E-state index in [-0.39, 0.29) is 0 Å². The Balaban J connectivity index is 5.08. The van der Waals surface area contributed by atoms with Crippen molar-refractivity contribution in [3.05, 3.63) is 0 Å². The fourth-order valence-corrected chi connectivity index (χ4v) is 7.42. The van der Waals surface area contributed by atoms with E-state index < -0.39 is 8.56 Å². The van der Waals surface area contributed by atoms with Crippen molar-refractivity contribution in [1.82, 2.24) is 14.1 Å². The average Bonchev–Trinajstić information content (AvgIpc) is 2.31. The molecule has 0 heterocycles. The van der Waals surface area contributed by atoms with Crippen LogP contribution in [-0.2, 0) is 0 Å². The van der Waals surface area contributed by atoms with Gasteiger partial charge in [0.2, 0.25) is 0 Å². The molecule has 98 valence electrons. The van der Waals surface area contributed by atoms with Gasteiger partial charge in [-0.1, -0.05) is 41.5 Å². The predicted octanol–water partition coefficient (Wildman–Crippen LogP) is 2.24. The van der Waals surface area contributed by atoms with Gasteiger partial charge in [0.15, 0.2) is 0 Å². The highest BCUT2D eigenvalue weighted by atomic mass is 28.4. The molecule has 0 radical (unpaired) electrons. The highest BCUT2D eigenvalue weighted by Gasteiger charge is 2.41. The molecule has 0 saturated carbocycles. The first-order valence-corrected chi connectivity index (χ1v) is 9.01. The maximum atomic E-state index is 3.84. The maximum absolute atomic E-state index is 3.84. The third-order valence-electron chi connectivity index (χ3n) is 3.53. The summed E-state index contributed by atoms with van der Waals surface area (Å²) in [5.74, 6) is 0. The van der Waals surface area contributed by atoms with Gasteiger partial charge in [0.05, 0.1) is 0 Å². The zero-order valence-corrected chi connectivity index (χ0v) is 13.1. The molecule has 0 rings (SSSR count). The van der Waals surface area contributed by atoms with Crippen molar-refractivity contribution in [2.24, 2.45) is 0 Å². The quantitative estimate of drug-likeness (QED) is 0.629. The lowest BCUT2D eigenvalue weighted by atomic mass is 10.7. The molecule has 3 nitrogen and oxygen atoms in total. The van der Waals surface area contributed by atoms with Gasteiger partial charge in [0.1, 0.15) is 0 Å². The van der Waals surface area contributed by atoms with E-state index in [1.54, 1.807) is 0 Å². The summed E-state index contributed by atoms with van der Waals surface area (Å²) < 4.78 is 5.34. The number of hydrogen-bond donors (Lipinski definition) is 1. The molecule has 0 atom stereocenters. The molecule has 0 aliphatic heterocycles. The molecule has 4 heteroatoms. The second kappa shape index (κ2) is 8.23. The Morgan fingerprint density at radius 1 is 0.750 bits per heavy atom. The first kappa shape index (κ1) is 16.1. The molecule has 0 aliphatic carbocycles. The minimum atomic E-state index is -1.61. The molecule has 0 aromatic rings. The van der Waals surface area contributed by atoms with E-state index in [2.05, 4.69) is 55.7 Å². The van der Waals surface area contributed by atoms with Gasteiger partial charge in [-0.25, -0.2) is 0 Å². The van der Waals surface area contributed by atoms with Crippen LogP contribution in [0.1, 0.15) is 41.5 Å². The van der Waals surface area contributed by atoms with E-state index in [4.69, 9.17) is 0 Å². The first-order chi connectivity index (χ1) is 7.66. The molecule has 0 aromatic heterocycles. The molecule has 0 saturated heterocycles. The third kappa shape index (κ3) is 3.29. The minimum Gasteiger partial charge on any atom is -0.313 e. The van der Waals surface area contributed by atoms with Gasteiger partial charge in [-0.3, -0.25) is 0 Å². The maximum Gasteiger partial charge on any atom is 0.286 e. The average molecular weight is 245 g/mol. The lowest BCUT2D eigenvalue weighted by molar-refractivity contribution is 0.336. The van der Waals surface area contributed by atoms with Crippen molar-refractivity contribution in [2.75, 3.05) is 32.7 Å². The smallest absolute Gasteiger partial charge is 0.286 e.